The maximum Gasteiger partial charge on any atom is 0.222 e. The first kappa shape index (κ1) is 26.8. The van der Waals surface area contributed by atoms with Gasteiger partial charge in [-0.2, -0.15) is 0 Å². The maximum absolute atomic E-state index is 13.3. The summed E-state index contributed by atoms with van der Waals surface area (Å²) in [5.74, 6) is 3.61. The Morgan fingerprint density at radius 1 is 1.03 bits per heavy atom. The molecule has 4 nitrogen and oxygen atoms in total. The second-order valence-electron chi connectivity index (χ2n) is 14.8. The van der Waals surface area contributed by atoms with Crippen LogP contribution in [0.1, 0.15) is 102 Å². The molecule has 4 heteroatoms. The molecule has 1 aromatic carbocycles. The van der Waals surface area contributed by atoms with Crippen molar-refractivity contribution in [3.63, 3.8) is 0 Å². The van der Waals surface area contributed by atoms with Gasteiger partial charge < -0.3 is 15.1 Å². The predicted molar refractivity (Wildman–Crippen MR) is 151 cm³/mol. The molecule has 0 saturated heterocycles. The molecule has 0 radical (unpaired) electrons. The highest BCUT2D eigenvalue weighted by Gasteiger charge is 2.62. The molecule has 4 aliphatic carbocycles. The number of hydrogen-bond donors (Lipinski definition) is 2. The molecule has 210 valence electrons. The van der Waals surface area contributed by atoms with Crippen molar-refractivity contribution in [1.29, 1.82) is 0 Å². The molecule has 0 unspecified atom stereocenters. The highest BCUT2D eigenvalue weighted by Crippen LogP contribution is 2.68. The van der Waals surface area contributed by atoms with Crippen molar-refractivity contribution in [2.24, 2.45) is 46.3 Å². The first-order valence-electron chi connectivity index (χ1n) is 15.8. The first-order chi connectivity index (χ1) is 18.1. The van der Waals surface area contributed by atoms with Gasteiger partial charge in [-0.25, -0.2) is 0 Å². The third-order valence-electron chi connectivity index (χ3n) is 13.0. The van der Waals surface area contributed by atoms with Crippen molar-refractivity contribution in [3.05, 3.63) is 34.9 Å². The van der Waals surface area contributed by atoms with Crippen LogP contribution >= 0.6 is 0 Å². The maximum atomic E-state index is 13.3. The normalized spacial score (nSPS) is 43.0. The highest BCUT2D eigenvalue weighted by molar-refractivity contribution is 5.76. The van der Waals surface area contributed by atoms with Gasteiger partial charge in [0.2, 0.25) is 5.91 Å². The summed E-state index contributed by atoms with van der Waals surface area (Å²) in [6, 6.07) is 6.66. The van der Waals surface area contributed by atoms with Crippen LogP contribution < -0.4 is 0 Å². The van der Waals surface area contributed by atoms with E-state index in [2.05, 4.69) is 50.8 Å². The van der Waals surface area contributed by atoms with Gasteiger partial charge in [-0.3, -0.25) is 4.79 Å². The summed E-state index contributed by atoms with van der Waals surface area (Å²) in [7, 11) is 0. The second-order valence-corrected chi connectivity index (χ2v) is 14.8. The summed E-state index contributed by atoms with van der Waals surface area (Å²) in [6.07, 6.45) is 11.0. The Balaban J connectivity index is 1.10. The molecule has 4 fully saturated rings. The molecule has 0 spiro atoms. The minimum atomic E-state index is -0.214. The third kappa shape index (κ3) is 4.37. The van der Waals surface area contributed by atoms with Crippen LogP contribution in [0.25, 0.3) is 0 Å². The number of nitrogens with zero attached hydrogens (tertiary/aromatic N) is 1. The van der Waals surface area contributed by atoms with E-state index < -0.39 is 0 Å². The van der Waals surface area contributed by atoms with Gasteiger partial charge in [0.05, 0.1) is 12.2 Å². The monoisotopic (exact) mass is 521 g/mol. The van der Waals surface area contributed by atoms with Crippen LogP contribution in [0.2, 0.25) is 0 Å². The number of rotatable bonds is 4. The van der Waals surface area contributed by atoms with E-state index in [0.717, 1.165) is 51.6 Å². The number of aliphatic hydroxyl groups is 2. The van der Waals surface area contributed by atoms with Gasteiger partial charge in [0.15, 0.2) is 0 Å². The molecule has 38 heavy (non-hydrogen) atoms. The van der Waals surface area contributed by atoms with Crippen LogP contribution in [-0.4, -0.2) is 39.8 Å². The first-order valence-corrected chi connectivity index (χ1v) is 15.8. The van der Waals surface area contributed by atoms with E-state index in [4.69, 9.17) is 0 Å². The van der Waals surface area contributed by atoms with Gasteiger partial charge in [-0.15, -0.1) is 0 Å². The number of aryl methyl sites for hydroxylation is 1. The molecule has 4 saturated carbocycles. The number of fused-ring (bicyclic) bond motifs is 6. The van der Waals surface area contributed by atoms with E-state index in [1.165, 1.54) is 42.4 Å². The van der Waals surface area contributed by atoms with Crippen LogP contribution in [0.3, 0.4) is 0 Å². The Kier molecular flexibility index (Phi) is 6.99. The van der Waals surface area contributed by atoms with Gasteiger partial charge in [0.25, 0.3) is 0 Å². The van der Waals surface area contributed by atoms with E-state index in [-0.39, 0.29) is 23.0 Å². The quantitative estimate of drug-likeness (QED) is 0.490. The fourth-order valence-corrected chi connectivity index (χ4v) is 10.8. The van der Waals surface area contributed by atoms with E-state index in [1.807, 2.05) is 0 Å². The molecule has 1 heterocycles. The molecular weight excluding hydrogens is 470 g/mol. The average Bonchev–Trinajstić information content (AvgIpc) is 3.25. The van der Waals surface area contributed by atoms with Crippen molar-refractivity contribution < 1.29 is 15.0 Å². The van der Waals surface area contributed by atoms with Crippen molar-refractivity contribution >= 4 is 5.91 Å². The number of carbonyl (C=O) groups is 1. The fraction of sp³-hybridized carbons (Fsp3) is 0.794. The van der Waals surface area contributed by atoms with E-state index in [9.17, 15) is 15.0 Å². The molecule has 1 aliphatic heterocycles. The van der Waals surface area contributed by atoms with Crippen molar-refractivity contribution in [1.82, 2.24) is 4.90 Å². The standard InChI is InChI=1S/C34H51NO3/c1-21-5-7-24-20-35(16-13-23(24)17-21)31(38)10-6-22(2)27-8-9-28-32-29(12-15-34(27,28)4)33(3)14-11-26(36)18-25(33)19-30(32)37/h5,7,17,22,25-30,32,36-37H,6,8-16,18-20H2,1-4H3/t22-,25+,26-,27-,28+,29+,30-,32+,33+,34-/m1/s1. The van der Waals surface area contributed by atoms with Crippen molar-refractivity contribution in [3.8, 4) is 0 Å². The zero-order chi connectivity index (χ0) is 26.8. The summed E-state index contributed by atoms with van der Waals surface area (Å²) < 4.78 is 0. The van der Waals surface area contributed by atoms with Crippen LogP contribution in [-0.2, 0) is 17.8 Å². The lowest BCUT2D eigenvalue weighted by Gasteiger charge is -2.62. The zero-order valence-electron chi connectivity index (χ0n) is 24.3. The average molecular weight is 522 g/mol. The summed E-state index contributed by atoms with van der Waals surface area (Å²) in [4.78, 5) is 15.3. The molecule has 1 amide bonds. The molecule has 1 aromatic rings. The smallest absolute Gasteiger partial charge is 0.222 e. The number of aliphatic hydroxyl groups excluding tert-OH is 2. The van der Waals surface area contributed by atoms with Crippen LogP contribution in [0.4, 0.5) is 0 Å². The van der Waals surface area contributed by atoms with Gasteiger partial charge >= 0.3 is 0 Å². The predicted octanol–water partition coefficient (Wildman–Crippen LogP) is 6.29. The Labute approximate surface area is 230 Å². The Bertz CT molecular complexity index is 1050. The number of hydrogen-bond acceptors (Lipinski definition) is 3. The molecule has 0 aromatic heterocycles. The Morgan fingerprint density at radius 2 is 1.79 bits per heavy atom. The summed E-state index contributed by atoms with van der Waals surface area (Å²) in [6.45, 7) is 11.2. The number of benzene rings is 1. The number of amides is 1. The molecular formula is C34H51NO3. The highest BCUT2D eigenvalue weighted by atomic mass is 16.3. The lowest BCUT2D eigenvalue weighted by molar-refractivity contribution is -0.174. The van der Waals surface area contributed by atoms with E-state index in [1.54, 1.807) is 0 Å². The van der Waals surface area contributed by atoms with E-state index in [0.29, 0.717) is 47.8 Å². The van der Waals surface area contributed by atoms with Gasteiger partial charge in [0.1, 0.15) is 0 Å². The van der Waals surface area contributed by atoms with Crippen LogP contribution in [0.5, 0.6) is 0 Å². The SMILES string of the molecule is Cc1ccc2c(c1)CCN(C(=O)CC[C@@H](C)[C@H]1CC[C@H]3[C@@H]4[C@H](O)C[C@@H]5C[C@H](O)CC[C@]5(C)[C@H]4CC[C@]13C)C2. The number of carbonyl (C=O) groups excluding carboxylic acids is 1. The largest absolute Gasteiger partial charge is 0.393 e. The third-order valence-corrected chi connectivity index (χ3v) is 13.0. The lowest BCUT2D eigenvalue weighted by Crippen LogP contribution is -2.58. The van der Waals surface area contributed by atoms with Crippen molar-refractivity contribution in [2.45, 2.75) is 117 Å². The Morgan fingerprint density at radius 3 is 2.61 bits per heavy atom. The second kappa shape index (κ2) is 9.91. The zero-order valence-corrected chi connectivity index (χ0v) is 24.3. The molecule has 6 rings (SSSR count). The molecule has 2 N–H and O–H groups in total. The molecule has 5 aliphatic rings. The minimum Gasteiger partial charge on any atom is -0.393 e. The molecule has 0 bridgehead atoms. The topological polar surface area (TPSA) is 60.8 Å². The lowest BCUT2D eigenvalue weighted by atomic mass is 9.43. The summed E-state index contributed by atoms with van der Waals surface area (Å²) in [5, 5.41) is 21.9. The molecule has 10 atom stereocenters. The van der Waals surface area contributed by atoms with Gasteiger partial charge in [-0.05, 0) is 129 Å². The van der Waals surface area contributed by atoms with Crippen LogP contribution in [0.15, 0.2) is 18.2 Å². The van der Waals surface area contributed by atoms with Gasteiger partial charge in [0, 0.05) is 19.5 Å². The van der Waals surface area contributed by atoms with Gasteiger partial charge in [-0.1, -0.05) is 44.5 Å². The summed E-state index contributed by atoms with van der Waals surface area (Å²) in [5.41, 5.74) is 4.61. The van der Waals surface area contributed by atoms with E-state index >= 15 is 0 Å². The Hall–Kier alpha value is -1.39. The van der Waals surface area contributed by atoms with Crippen molar-refractivity contribution in [2.75, 3.05) is 6.54 Å². The minimum absolute atomic E-state index is 0.172. The summed E-state index contributed by atoms with van der Waals surface area (Å²) >= 11 is 0. The fourth-order valence-electron chi connectivity index (χ4n) is 10.8. The van der Waals surface area contributed by atoms with Crippen LogP contribution in [0, 0.1) is 53.3 Å².